The fourth-order valence-electron chi connectivity index (χ4n) is 4.03. The first kappa shape index (κ1) is 26.1. The Bertz CT molecular complexity index is 1240. The Labute approximate surface area is 212 Å². The molecule has 3 aromatic carbocycles. The number of nitrogens with zero attached hydrogens (tertiary/aromatic N) is 1. The van der Waals surface area contributed by atoms with Crippen LogP contribution in [0, 0.1) is 0 Å². The van der Waals surface area contributed by atoms with Gasteiger partial charge in [-0.3, -0.25) is 4.79 Å². The first-order chi connectivity index (χ1) is 17.8. The molecule has 37 heavy (non-hydrogen) atoms. The minimum Gasteiger partial charge on any atom is -0.493 e. The zero-order valence-electron chi connectivity index (χ0n) is 20.2. The normalized spacial score (nSPS) is 12.9. The number of benzene rings is 3. The summed E-state index contributed by atoms with van der Waals surface area (Å²) in [5.41, 5.74) is 1.92. The average Bonchev–Trinajstić information content (AvgIpc) is 3.23. The molecule has 1 heterocycles. The van der Waals surface area contributed by atoms with E-state index in [0.717, 1.165) is 36.1 Å². The molecule has 1 aliphatic heterocycles. The van der Waals surface area contributed by atoms with Crippen molar-refractivity contribution in [2.45, 2.75) is 32.5 Å². The predicted molar refractivity (Wildman–Crippen MR) is 131 cm³/mol. The summed E-state index contributed by atoms with van der Waals surface area (Å²) in [5, 5.41) is 0. The van der Waals surface area contributed by atoms with Crippen LogP contribution in [0.3, 0.4) is 0 Å². The van der Waals surface area contributed by atoms with Crippen molar-refractivity contribution in [3.8, 4) is 11.5 Å². The first-order valence-electron chi connectivity index (χ1n) is 11.9. The Balaban J connectivity index is 1.30. The molecule has 0 spiro atoms. The standard InChI is InChI=1S/C28H26F3NO5/c1-2-35-26(33)18-37-22-14-8-19(9-15-22)5-4-16-36-25-7-3-6-23-24(25)17-32(27(23)34)21-12-10-20(11-13-21)28(29,30)31/h3,6-15H,2,4-5,16-18H2,1H3. The number of aryl methyl sites for hydroxylation is 1. The van der Waals surface area contributed by atoms with Gasteiger partial charge in [0.1, 0.15) is 11.5 Å². The highest BCUT2D eigenvalue weighted by molar-refractivity contribution is 6.10. The highest BCUT2D eigenvalue weighted by Crippen LogP contribution is 2.36. The van der Waals surface area contributed by atoms with Crippen molar-refractivity contribution in [1.82, 2.24) is 0 Å². The Morgan fingerprint density at radius 3 is 2.38 bits per heavy atom. The minimum atomic E-state index is -4.43. The topological polar surface area (TPSA) is 65.1 Å². The van der Waals surface area contributed by atoms with Crippen LogP contribution in [0.15, 0.2) is 66.7 Å². The highest BCUT2D eigenvalue weighted by atomic mass is 19.4. The van der Waals surface area contributed by atoms with E-state index in [1.54, 1.807) is 37.3 Å². The molecule has 0 unspecified atom stereocenters. The molecule has 0 atom stereocenters. The number of esters is 1. The molecule has 0 saturated heterocycles. The van der Waals surface area contributed by atoms with E-state index in [9.17, 15) is 22.8 Å². The van der Waals surface area contributed by atoms with Gasteiger partial charge in [-0.15, -0.1) is 0 Å². The Morgan fingerprint density at radius 2 is 1.70 bits per heavy atom. The summed E-state index contributed by atoms with van der Waals surface area (Å²) in [5.74, 6) is 0.476. The first-order valence-corrected chi connectivity index (χ1v) is 11.9. The van der Waals surface area contributed by atoms with E-state index >= 15 is 0 Å². The lowest BCUT2D eigenvalue weighted by Crippen LogP contribution is -2.23. The van der Waals surface area contributed by atoms with Crippen LogP contribution in [0.5, 0.6) is 11.5 Å². The predicted octanol–water partition coefficient (Wildman–Crippen LogP) is 5.82. The molecule has 0 saturated carbocycles. The fourth-order valence-corrected chi connectivity index (χ4v) is 4.03. The van der Waals surface area contributed by atoms with E-state index in [4.69, 9.17) is 14.2 Å². The molecular weight excluding hydrogens is 487 g/mol. The third-order valence-corrected chi connectivity index (χ3v) is 5.88. The maximum atomic E-state index is 12.9. The molecule has 1 aliphatic rings. The molecular formula is C28H26F3NO5. The van der Waals surface area contributed by atoms with Crippen LogP contribution < -0.4 is 14.4 Å². The van der Waals surface area contributed by atoms with Gasteiger partial charge in [-0.1, -0.05) is 18.2 Å². The molecule has 4 rings (SSSR count). The number of rotatable bonds is 10. The largest absolute Gasteiger partial charge is 0.493 e. The Morgan fingerprint density at radius 1 is 0.973 bits per heavy atom. The van der Waals surface area contributed by atoms with E-state index in [1.807, 2.05) is 12.1 Å². The Hall–Kier alpha value is -4.01. The van der Waals surface area contributed by atoms with Crippen molar-refractivity contribution in [3.05, 3.63) is 89.0 Å². The van der Waals surface area contributed by atoms with Crippen LogP contribution in [-0.2, 0) is 28.7 Å². The highest BCUT2D eigenvalue weighted by Gasteiger charge is 2.33. The molecule has 0 radical (unpaired) electrons. The molecule has 194 valence electrons. The monoisotopic (exact) mass is 513 g/mol. The maximum Gasteiger partial charge on any atom is 0.416 e. The van der Waals surface area contributed by atoms with Gasteiger partial charge >= 0.3 is 12.1 Å². The maximum absolute atomic E-state index is 12.9. The summed E-state index contributed by atoms with van der Waals surface area (Å²) in [6.45, 7) is 2.55. The number of anilines is 1. The van der Waals surface area contributed by atoms with Gasteiger partial charge in [0, 0.05) is 16.8 Å². The van der Waals surface area contributed by atoms with Crippen molar-refractivity contribution in [1.29, 1.82) is 0 Å². The second-order valence-corrected chi connectivity index (χ2v) is 8.41. The third kappa shape index (κ3) is 6.41. The quantitative estimate of drug-likeness (QED) is 0.253. The lowest BCUT2D eigenvalue weighted by Gasteiger charge is -2.17. The number of hydrogen-bond acceptors (Lipinski definition) is 5. The minimum absolute atomic E-state index is 0.138. The molecule has 0 aliphatic carbocycles. The molecule has 0 aromatic heterocycles. The van der Waals surface area contributed by atoms with Gasteiger partial charge in [-0.05, 0) is 73.9 Å². The van der Waals surface area contributed by atoms with Crippen molar-refractivity contribution < 1.29 is 37.0 Å². The number of carbonyl (C=O) groups excluding carboxylic acids is 2. The lowest BCUT2D eigenvalue weighted by molar-refractivity contribution is -0.145. The van der Waals surface area contributed by atoms with Crippen LogP contribution in [0.2, 0.25) is 0 Å². The van der Waals surface area contributed by atoms with E-state index < -0.39 is 17.7 Å². The number of carbonyl (C=O) groups is 2. The number of amides is 1. The average molecular weight is 514 g/mol. The van der Waals surface area contributed by atoms with Gasteiger partial charge in [-0.2, -0.15) is 13.2 Å². The molecule has 0 bridgehead atoms. The van der Waals surface area contributed by atoms with Crippen LogP contribution >= 0.6 is 0 Å². The third-order valence-electron chi connectivity index (χ3n) is 5.88. The van der Waals surface area contributed by atoms with E-state index in [-0.39, 0.29) is 19.1 Å². The summed E-state index contributed by atoms with van der Waals surface area (Å²) in [4.78, 5) is 25.7. The molecule has 3 aromatic rings. The molecule has 6 nitrogen and oxygen atoms in total. The van der Waals surface area contributed by atoms with Crippen LogP contribution in [-0.4, -0.2) is 31.7 Å². The van der Waals surface area contributed by atoms with Crippen LogP contribution in [0.1, 0.15) is 40.4 Å². The summed E-state index contributed by atoms with van der Waals surface area (Å²) in [6.07, 6.45) is -2.95. The van der Waals surface area contributed by atoms with Crippen molar-refractivity contribution >= 4 is 17.6 Å². The summed E-state index contributed by atoms with van der Waals surface area (Å²) in [6, 6.07) is 17.2. The molecule has 9 heteroatoms. The smallest absolute Gasteiger partial charge is 0.416 e. The van der Waals surface area contributed by atoms with E-state index in [1.165, 1.54) is 17.0 Å². The van der Waals surface area contributed by atoms with Gasteiger partial charge < -0.3 is 19.1 Å². The fraction of sp³-hybridized carbons (Fsp3) is 0.286. The SMILES string of the molecule is CCOC(=O)COc1ccc(CCCOc2cccc3c2CN(c2ccc(C(F)(F)F)cc2)C3=O)cc1. The number of fused-ring (bicyclic) bond motifs is 1. The summed E-state index contributed by atoms with van der Waals surface area (Å²) < 4.78 is 54.8. The van der Waals surface area contributed by atoms with Gasteiger partial charge in [0.25, 0.3) is 5.91 Å². The second kappa shape index (κ2) is 11.4. The zero-order valence-corrected chi connectivity index (χ0v) is 20.2. The molecule has 0 fully saturated rings. The summed E-state index contributed by atoms with van der Waals surface area (Å²) >= 11 is 0. The number of halogens is 3. The van der Waals surface area contributed by atoms with Gasteiger partial charge in [-0.25, -0.2) is 4.79 Å². The molecule has 1 amide bonds. The summed E-state index contributed by atoms with van der Waals surface area (Å²) in [7, 11) is 0. The van der Waals surface area contributed by atoms with Crippen LogP contribution in [0.4, 0.5) is 18.9 Å². The van der Waals surface area contributed by atoms with Gasteiger partial charge in [0.2, 0.25) is 0 Å². The van der Waals surface area contributed by atoms with Crippen LogP contribution in [0.25, 0.3) is 0 Å². The van der Waals surface area contributed by atoms with Crippen molar-refractivity contribution in [2.24, 2.45) is 0 Å². The van der Waals surface area contributed by atoms with Gasteiger partial charge in [0.05, 0.1) is 25.3 Å². The molecule has 0 N–H and O–H groups in total. The van der Waals surface area contributed by atoms with E-state index in [0.29, 0.717) is 36.0 Å². The Kier molecular flexibility index (Phi) is 8.01. The second-order valence-electron chi connectivity index (χ2n) is 8.41. The van der Waals surface area contributed by atoms with E-state index in [2.05, 4.69) is 0 Å². The lowest BCUT2D eigenvalue weighted by atomic mass is 10.1. The van der Waals surface area contributed by atoms with Crippen molar-refractivity contribution in [3.63, 3.8) is 0 Å². The number of hydrogen-bond donors (Lipinski definition) is 0. The number of ether oxygens (including phenoxy) is 3. The van der Waals surface area contributed by atoms with Gasteiger partial charge in [0.15, 0.2) is 6.61 Å². The van der Waals surface area contributed by atoms with Crippen molar-refractivity contribution in [2.75, 3.05) is 24.7 Å². The number of alkyl halides is 3. The zero-order chi connectivity index (χ0) is 26.4.